The van der Waals surface area contributed by atoms with Crippen LogP contribution in [0.1, 0.15) is 17.3 Å². The molecule has 0 atom stereocenters. The molecular weight excluding hydrogens is 390 g/mol. The molecule has 0 fully saturated rings. The van der Waals surface area contributed by atoms with Crippen molar-refractivity contribution in [2.45, 2.75) is 6.92 Å². The summed E-state index contributed by atoms with van der Waals surface area (Å²) in [5, 5.41) is 6.99. The molecule has 0 radical (unpaired) electrons. The molecule has 1 heterocycles. The van der Waals surface area contributed by atoms with E-state index in [2.05, 4.69) is 15.6 Å². The standard InChI is InChI=1S/C25H23N3O3/c1-3-31-18-14-12-17(13-15-18)26-24-16-20(19-8-4-5-9-21(19)27-24)25(29)28-22-10-6-7-11-23(22)30-2/h4-16H,3H2,1-2H3,(H,26,27)(H,28,29). The minimum atomic E-state index is -0.238. The molecule has 1 amide bonds. The Morgan fingerprint density at radius 3 is 2.48 bits per heavy atom. The van der Waals surface area contributed by atoms with Gasteiger partial charge in [0.05, 0.1) is 30.5 Å². The highest BCUT2D eigenvalue weighted by Crippen LogP contribution is 2.27. The van der Waals surface area contributed by atoms with Crippen molar-refractivity contribution in [3.8, 4) is 11.5 Å². The van der Waals surface area contributed by atoms with E-state index in [1.165, 1.54) is 0 Å². The number of pyridine rings is 1. The van der Waals surface area contributed by atoms with E-state index in [4.69, 9.17) is 9.47 Å². The number of nitrogens with zero attached hydrogens (tertiary/aromatic N) is 1. The van der Waals surface area contributed by atoms with E-state index in [-0.39, 0.29) is 5.91 Å². The van der Waals surface area contributed by atoms with Crippen molar-refractivity contribution in [1.29, 1.82) is 0 Å². The molecule has 3 aromatic carbocycles. The topological polar surface area (TPSA) is 72.5 Å². The Morgan fingerprint density at radius 1 is 0.968 bits per heavy atom. The quantitative estimate of drug-likeness (QED) is 0.410. The van der Waals surface area contributed by atoms with Crippen LogP contribution in [0.15, 0.2) is 78.9 Å². The Bertz CT molecular complexity index is 1210. The number of carbonyl (C=O) groups excluding carboxylic acids is 1. The van der Waals surface area contributed by atoms with Crippen LogP contribution in [0.3, 0.4) is 0 Å². The first-order valence-electron chi connectivity index (χ1n) is 10.0. The number of hydrogen-bond acceptors (Lipinski definition) is 5. The lowest BCUT2D eigenvalue weighted by Gasteiger charge is -2.13. The molecule has 31 heavy (non-hydrogen) atoms. The third-order valence-electron chi connectivity index (χ3n) is 4.75. The smallest absolute Gasteiger partial charge is 0.256 e. The van der Waals surface area contributed by atoms with Gasteiger partial charge in [-0.15, -0.1) is 0 Å². The summed E-state index contributed by atoms with van der Waals surface area (Å²) in [7, 11) is 1.58. The normalized spacial score (nSPS) is 10.5. The number of fused-ring (bicyclic) bond motifs is 1. The molecule has 6 heteroatoms. The molecule has 0 bridgehead atoms. The summed E-state index contributed by atoms with van der Waals surface area (Å²) < 4.78 is 10.8. The van der Waals surface area contributed by atoms with Crippen molar-refractivity contribution in [3.05, 3.63) is 84.4 Å². The zero-order valence-electron chi connectivity index (χ0n) is 17.4. The second-order valence-electron chi connectivity index (χ2n) is 6.81. The van der Waals surface area contributed by atoms with Gasteiger partial charge in [0, 0.05) is 11.1 Å². The van der Waals surface area contributed by atoms with Crippen LogP contribution in [0.2, 0.25) is 0 Å². The number of carbonyl (C=O) groups is 1. The number of benzene rings is 3. The minimum Gasteiger partial charge on any atom is -0.495 e. The highest BCUT2D eigenvalue weighted by Gasteiger charge is 2.15. The number of nitrogens with one attached hydrogen (secondary N) is 2. The minimum absolute atomic E-state index is 0.238. The van der Waals surface area contributed by atoms with Gasteiger partial charge in [0.25, 0.3) is 5.91 Å². The number of para-hydroxylation sites is 3. The predicted octanol–water partition coefficient (Wildman–Crippen LogP) is 5.64. The van der Waals surface area contributed by atoms with Gasteiger partial charge in [-0.2, -0.15) is 0 Å². The molecule has 0 aliphatic carbocycles. The highest BCUT2D eigenvalue weighted by atomic mass is 16.5. The number of rotatable bonds is 7. The molecule has 0 aliphatic heterocycles. The summed E-state index contributed by atoms with van der Waals surface area (Å²) in [6.07, 6.45) is 0. The first kappa shape index (κ1) is 20.2. The molecule has 0 spiro atoms. The van der Waals surface area contributed by atoms with Crippen molar-refractivity contribution in [2.24, 2.45) is 0 Å². The maximum atomic E-state index is 13.2. The van der Waals surface area contributed by atoms with Crippen LogP contribution in [0.5, 0.6) is 11.5 Å². The van der Waals surface area contributed by atoms with Gasteiger partial charge in [-0.05, 0) is 55.5 Å². The van der Waals surface area contributed by atoms with E-state index < -0.39 is 0 Å². The van der Waals surface area contributed by atoms with Crippen LogP contribution in [-0.4, -0.2) is 24.6 Å². The number of ether oxygens (including phenoxy) is 2. The van der Waals surface area contributed by atoms with Gasteiger partial charge in [-0.3, -0.25) is 4.79 Å². The molecule has 4 aromatic rings. The molecule has 0 unspecified atom stereocenters. The van der Waals surface area contributed by atoms with Crippen molar-refractivity contribution >= 4 is 34.0 Å². The summed E-state index contributed by atoms with van der Waals surface area (Å²) in [5.74, 6) is 1.74. The van der Waals surface area contributed by atoms with E-state index in [9.17, 15) is 4.79 Å². The second-order valence-corrected chi connectivity index (χ2v) is 6.81. The van der Waals surface area contributed by atoms with Crippen LogP contribution in [0.25, 0.3) is 10.9 Å². The number of anilines is 3. The number of methoxy groups -OCH3 is 1. The van der Waals surface area contributed by atoms with Crippen LogP contribution in [0, 0.1) is 0 Å². The maximum absolute atomic E-state index is 13.2. The van der Waals surface area contributed by atoms with Gasteiger partial charge < -0.3 is 20.1 Å². The molecule has 156 valence electrons. The van der Waals surface area contributed by atoms with Crippen LogP contribution in [-0.2, 0) is 0 Å². The van der Waals surface area contributed by atoms with Gasteiger partial charge in [-0.25, -0.2) is 4.98 Å². The van der Waals surface area contributed by atoms with E-state index in [0.717, 1.165) is 22.3 Å². The number of hydrogen-bond donors (Lipinski definition) is 2. The lowest BCUT2D eigenvalue weighted by atomic mass is 10.1. The van der Waals surface area contributed by atoms with Crippen molar-refractivity contribution < 1.29 is 14.3 Å². The summed E-state index contributed by atoms with van der Waals surface area (Å²) >= 11 is 0. The average molecular weight is 413 g/mol. The Kier molecular flexibility index (Phi) is 5.98. The lowest BCUT2D eigenvalue weighted by Crippen LogP contribution is -2.14. The predicted molar refractivity (Wildman–Crippen MR) is 124 cm³/mol. The summed E-state index contributed by atoms with van der Waals surface area (Å²) in [4.78, 5) is 17.8. The third-order valence-corrected chi connectivity index (χ3v) is 4.75. The lowest BCUT2D eigenvalue weighted by molar-refractivity contribution is 0.102. The van der Waals surface area contributed by atoms with Gasteiger partial charge >= 0.3 is 0 Å². The molecule has 0 saturated carbocycles. The van der Waals surface area contributed by atoms with Crippen molar-refractivity contribution in [3.63, 3.8) is 0 Å². The first-order valence-corrected chi connectivity index (χ1v) is 10.0. The number of amides is 1. The van der Waals surface area contributed by atoms with E-state index in [1.807, 2.05) is 67.6 Å². The Hall–Kier alpha value is -4.06. The zero-order chi connectivity index (χ0) is 21.6. The molecular formula is C25H23N3O3. The SMILES string of the molecule is CCOc1ccc(Nc2cc(C(=O)Nc3ccccc3OC)c3ccccc3n2)cc1. The Labute approximate surface area is 180 Å². The zero-order valence-corrected chi connectivity index (χ0v) is 17.4. The van der Waals surface area contributed by atoms with Gasteiger partial charge in [-0.1, -0.05) is 30.3 Å². The van der Waals surface area contributed by atoms with Crippen molar-refractivity contribution in [1.82, 2.24) is 4.98 Å². The Morgan fingerprint density at radius 2 is 1.71 bits per heavy atom. The first-order chi connectivity index (χ1) is 15.2. The molecule has 4 rings (SSSR count). The fourth-order valence-corrected chi connectivity index (χ4v) is 3.31. The molecule has 1 aromatic heterocycles. The van der Waals surface area contributed by atoms with Gasteiger partial charge in [0.2, 0.25) is 0 Å². The van der Waals surface area contributed by atoms with Crippen LogP contribution >= 0.6 is 0 Å². The fraction of sp³-hybridized carbons (Fsp3) is 0.120. The molecule has 6 nitrogen and oxygen atoms in total. The van der Waals surface area contributed by atoms with E-state index in [0.29, 0.717) is 29.4 Å². The maximum Gasteiger partial charge on any atom is 0.256 e. The average Bonchev–Trinajstić information content (AvgIpc) is 2.80. The summed E-state index contributed by atoms with van der Waals surface area (Å²) in [6.45, 7) is 2.56. The van der Waals surface area contributed by atoms with Gasteiger partial charge in [0.15, 0.2) is 0 Å². The van der Waals surface area contributed by atoms with E-state index in [1.54, 1.807) is 25.3 Å². The number of aromatic nitrogens is 1. The second kappa shape index (κ2) is 9.17. The molecule has 0 saturated heterocycles. The molecule has 0 aliphatic rings. The van der Waals surface area contributed by atoms with E-state index >= 15 is 0 Å². The Balaban J connectivity index is 1.67. The molecule has 2 N–H and O–H groups in total. The summed E-state index contributed by atoms with van der Waals surface area (Å²) in [6, 6.07) is 24.2. The highest BCUT2D eigenvalue weighted by molar-refractivity contribution is 6.13. The van der Waals surface area contributed by atoms with Crippen LogP contribution in [0.4, 0.5) is 17.2 Å². The summed E-state index contributed by atoms with van der Waals surface area (Å²) in [5.41, 5.74) is 2.70. The van der Waals surface area contributed by atoms with Crippen LogP contribution < -0.4 is 20.1 Å². The monoisotopic (exact) mass is 413 g/mol. The van der Waals surface area contributed by atoms with Crippen molar-refractivity contribution in [2.75, 3.05) is 24.4 Å². The third kappa shape index (κ3) is 4.59. The largest absolute Gasteiger partial charge is 0.495 e. The van der Waals surface area contributed by atoms with Gasteiger partial charge in [0.1, 0.15) is 17.3 Å². The fourth-order valence-electron chi connectivity index (χ4n) is 3.31.